The van der Waals surface area contributed by atoms with E-state index in [1.807, 2.05) is 6.07 Å². The Balaban J connectivity index is 1.12. The van der Waals surface area contributed by atoms with Gasteiger partial charge in [-0.25, -0.2) is 9.37 Å². The van der Waals surface area contributed by atoms with E-state index >= 15 is 0 Å². The number of hydrogen-bond donors (Lipinski definition) is 0. The molecule has 1 aliphatic carbocycles. The zero-order valence-electron chi connectivity index (χ0n) is 26.6. The average molecular weight is 717 g/mol. The molecule has 47 heavy (non-hydrogen) atoms. The van der Waals surface area contributed by atoms with E-state index < -0.39 is 11.8 Å². The number of rotatable bonds is 8. The van der Waals surface area contributed by atoms with Gasteiger partial charge in [-0.2, -0.15) is 0 Å². The van der Waals surface area contributed by atoms with Gasteiger partial charge in [0.15, 0.2) is 0 Å². The number of anilines is 1. The standard InChI is InChI=1S/C39H40BrClFN3O2/c40-37-34(44(22-27-9-3-1-4-10-27)23-28-11-5-2-6-12-28)15-14-29-13-7-17-39(36(29)37)21-33-31(25-47-39)32(41)19-35(43-33)46-26-38-16-8-18-45(38)24-30(42)20-38/h1-6,9-12,14-15,19,30H,7-8,13,16-18,20-26H2/t30-,38+,39?/m1/s1. The van der Waals surface area contributed by atoms with Gasteiger partial charge in [0, 0.05) is 54.1 Å². The van der Waals surface area contributed by atoms with Crippen LogP contribution >= 0.6 is 27.5 Å². The Morgan fingerprint density at radius 2 is 1.74 bits per heavy atom. The van der Waals surface area contributed by atoms with Crippen molar-refractivity contribution in [1.82, 2.24) is 9.88 Å². The third-order valence-corrected chi connectivity index (χ3v) is 11.9. The minimum atomic E-state index is -0.790. The van der Waals surface area contributed by atoms with Crippen molar-refractivity contribution in [3.8, 4) is 5.88 Å². The SMILES string of the molecule is F[C@H]1CN2CCC[C@@]2(COc2cc(Cl)c3c(n2)CC2(CCCc4ccc(N(Cc5ccccc5)Cc5ccccc5)c(Br)c42)OC3)C1. The average Bonchev–Trinajstić information content (AvgIpc) is 3.60. The van der Waals surface area contributed by atoms with Crippen molar-refractivity contribution in [3.63, 3.8) is 0 Å². The summed E-state index contributed by atoms with van der Waals surface area (Å²) in [5.74, 6) is 0.523. The number of pyridine rings is 1. The molecule has 2 fully saturated rings. The molecule has 4 aromatic rings. The van der Waals surface area contributed by atoms with Gasteiger partial charge < -0.3 is 14.4 Å². The lowest BCUT2D eigenvalue weighted by Gasteiger charge is -2.43. The third kappa shape index (κ3) is 5.98. The Kier molecular flexibility index (Phi) is 8.53. The molecule has 4 heterocycles. The van der Waals surface area contributed by atoms with E-state index in [1.54, 1.807) is 0 Å². The summed E-state index contributed by atoms with van der Waals surface area (Å²) in [4.78, 5) is 9.78. The van der Waals surface area contributed by atoms with Gasteiger partial charge in [-0.15, -0.1) is 0 Å². The van der Waals surface area contributed by atoms with Gasteiger partial charge in [-0.1, -0.05) is 78.3 Å². The Bertz CT molecular complexity index is 1720. The van der Waals surface area contributed by atoms with E-state index in [4.69, 9.17) is 26.1 Å². The first-order valence-corrected chi connectivity index (χ1v) is 18.1. The maximum absolute atomic E-state index is 14.4. The highest BCUT2D eigenvalue weighted by Crippen LogP contribution is 2.51. The first-order valence-electron chi connectivity index (χ1n) is 16.9. The summed E-state index contributed by atoms with van der Waals surface area (Å²) in [5.41, 5.74) is 7.33. The number of aromatic nitrogens is 1. The fraction of sp³-hybridized carbons (Fsp3) is 0.410. The van der Waals surface area contributed by atoms with Crippen LogP contribution in [0.15, 0.2) is 83.3 Å². The van der Waals surface area contributed by atoms with Crippen LogP contribution in [0.2, 0.25) is 5.02 Å². The van der Waals surface area contributed by atoms with E-state index in [0.29, 0.717) is 43.5 Å². The molecule has 0 bridgehead atoms. The molecule has 3 aliphatic heterocycles. The van der Waals surface area contributed by atoms with Gasteiger partial charge >= 0.3 is 0 Å². The number of ether oxygens (including phenoxy) is 2. The fourth-order valence-corrected chi connectivity index (χ4v) is 9.78. The van der Waals surface area contributed by atoms with Crippen molar-refractivity contribution in [1.29, 1.82) is 0 Å². The summed E-state index contributed by atoms with van der Waals surface area (Å²) in [7, 11) is 0. The van der Waals surface area contributed by atoms with E-state index in [-0.39, 0.29) is 5.54 Å². The van der Waals surface area contributed by atoms with Gasteiger partial charge in [0.25, 0.3) is 0 Å². The Morgan fingerprint density at radius 1 is 1.00 bits per heavy atom. The monoisotopic (exact) mass is 715 g/mol. The minimum absolute atomic E-state index is 0.233. The number of alkyl halides is 1. The molecule has 3 atom stereocenters. The summed E-state index contributed by atoms with van der Waals surface area (Å²) >= 11 is 11.0. The molecule has 1 spiro atoms. The molecule has 8 heteroatoms. The molecule has 8 rings (SSSR count). The first kappa shape index (κ1) is 31.3. The molecule has 1 unspecified atom stereocenters. The highest BCUT2D eigenvalue weighted by atomic mass is 79.9. The lowest BCUT2D eigenvalue weighted by Crippen LogP contribution is -2.43. The summed E-state index contributed by atoms with van der Waals surface area (Å²) in [6.07, 6.45) is 5.35. The van der Waals surface area contributed by atoms with Crippen LogP contribution in [-0.2, 0) is 42.9 Å². The van der Waals surface area contributed by atoms with Crippen LogP contribution in [0.25, 0.3) is 0 Å². The van der Waals surface area contributed by atoms with Gasteiger partial charge in [0.2, 0.25) is 5.88 Å². The number of halogens is 3. The molecular weight excluding hydrogens is 677 g/mol. The number of nitrogens with zero attached hydrogens (tertiary/aromatic N) is 3. The molecule has 1 aromatic heterocycles. The molecule has 244 valence electrons. The third-order valence-electron chi connectivity index (χ3n) is 10.8. The number of hydrogen-bond acceptors (Lipinski definition) is 5. The van der Waals surface area contributed by atoms with Crippen LogP contribution in [0.3, 0.4) is 0 Å². The Labute approximate surface area is 290 Å². The Hall–Kier alpha value is -2.97. The highest BCUT2D eigenvalue weighted by Gasteiger charge is 2.49. The van der Waals surface area contributed by atoms with Crippen molar-refractivity contribution in [2.75, 3.05) is 24.6 Å². The minimum Gasteiger partial charge on any atom is -0.476 e. The van der Waals surface area contributed by atoms with Crippen molar-refractivity contribution in [2.45, 2.75) is 82.0 Å². The van der Waals surface area contributed by atoms with Gasteiger partial charge in [-0.3, -0.25) is 4.90 Å². The molecule has 2 saturated heterocycles. The molecule has 0 amide bonds. The van der Waals surface area contributed by atoms with Crippen molar-refractivity contribution >= 4 is 33.2 Å². The van der Waals surface area contributed by atoms with Gasteiger partial charge in [0.1, 0.15) is 18.4 Å². The number of benzene rings is 3. The first-order chi connectivity index (χ1) is 22.9. The van der Waals surface area contributed by atoms with Crippen molar-refractivity contribution < 1.29 is 13.9 Å². The number of fused-ring (bicyclic) bond motifs is 4. The fourth-order valence-electron chi connectivity index (χ4n) is 8.52. The second-order valence-electron chi connectivity index (χ2n) is 13.8. The summed E-state index contributed by atoms with van der Waals surface area (Å²) in [6.45, 7) is 3.84. The van der Waals surface area contributed by atoms with Crippen molar-refractivity contribution in [3.05, 3.63) is 122 Å². The maximum Gasteiger partial charge on any atom is 0.215 e. The van der Waals surface area contributed by atoms with E-state index in [0.717, 1.165) is 73.2 Å². The van der Waals surface area contributed by atoms with Crippen LogP contribution in [-0.4, -0.2) is 41.3 Å². The van der Waals surface area contributed by atoms with E-state index in [1.165, 1.54) is 22.3 Å². The van der Waals surface area contributed by atoms with Crippen LogP contribution < -0.4 is 9.64 Å². The quantitative estimate of drug-likeness (QED) is 0.182. The maximum atomic E-state index is 14.4. The molecular formula is C39H40BrClFN3O2. The largest absolute Gasteiger partial charge is 0.476 e. The molecule has 0 radical (unpaired) electrons. The predicted octanol–water partition coefficient (Wildman–Crippen LogP) is 8.96. The molecule has 0 saturated carbocycles. The predicted molar refractivity (Wildman–Crippen MR) is 188 cm³/mol. The topological polar surface area (TPSA) is 37.8 Å². The van der Waals surface area contributed by atoms with Crippen LogP contribution in [0, 0.1) is 0 Å². The molecule has 4 aliphatic rings. The lowest BCUT2D eigenvalue weighted by molar-refractivity contribution is -0.0860. The molecule has 0 N–H and O–H groups in total. The lowest BCUT2D eigenvalue weighted by atomic mass is 9.74. The smallest absolute Gasteiger partial charge is 0.215 e. The van der Waals surface area contributed by atoms with E-state index in [2.05, 4.69) is 98.5 Å². The number of aryl methyl sites for hydroxylation is 1. The van der Waals surface area contributed by atoms with Crippen molar-refractivity contribution in [2.24, 2.45) is 0 Å². The van der Waals surface area contributed by atoms with E-state index in [9.17, 15) is 4.39 Å². The second kappa shape index (κ2) is 12.8. The molecule has 3 aromatic carbocycles. The second-order valence-corrected chi connectivity index (χ2v) is 15.0. The summed E-state index contributed by atoms with van der Waals surface area (Å²) in [6, 6.07) is 27.7. The summed E-state index contributed by atoms with van der Waals surface area (Å²) in [5, 5.41) is 0.621. The Morgan fingerprint density at radius 3 is 2.49 bits per heavy atom. The highest BCUT2D eigenvalue weighted by molar-refractivity contribution is 9.10. The normalized spacial score (nSPS) is 25.0. The zero-order valence-corrected chi connectivity index (χ0v) is 28.9. The van der Waals surface area contributed by atoms with Crippen LogP contribution in [0.1, 0.15) is 65.6 Å². The summed E-state index contributed by atoms with van der Waals surface area (Å²) < 4.78 is 28.7. The van der Waals surface area contributed by atoms with Crippen LogP contribution in [0.5, 0.6) is 5.88 Å². The van der Waals surface area contributed by atoms with Crippen LogP contribution in [0.4, 0.5) is 10.1 Å². The van der Waals surface area contributed by atoms with Gasteiger partial charge in [-0.05, 0) is 77.3 Å². The van der Waals surface area contributed by atoms with Gasteiger partial charge in [0.05, 0.1) is 28.5 Å². The molecule has 5 nitrogen and oxygen atoms in total. The zero-order chi connectivity index (χ0) is 32.0.